The summed E-state index contributed by atoms with van der Waals surface area (Å²) in [6, 6.07) is 1.45. The number of nitrogens with one attached hydrogen (secondary N) is 1. The number of hydrogen-bond donors (Lipinski definition) is 1. The van der Waals surface area contributed by atoms with Crippen molar-refractivity contribution in [2.75, 3.05) is 11.4 Å². The Morgan fingerprint density at radius 1 is 1.05 bits per heavy atom. The molecule has 2 heterocycles. The first-order chi connectivity index (χ1) is 10.4. The van der Waals surface area contributed by atoms with Gasteiger partial charge >= 0.3 is 0 Å². The summed E-state index contributed by atoms with van der Waals surface area (Å²) in [5, 5.41) is 3.54. The molecule has 4 nitrogen and oxygen atoms in total. The van der Waals surface area contributed by atoms with Gasteiger partial charge in [-0.05, 0) is 44.4 Å². The second kappa shape index (κ2) is 5.91. The number of hydrogen-bond acceptors (Lipinski definition) is 4. The molecule has 2 atom stereocenters. The first-order valence-corrected chi connectivity index (χ1v) is 8.71. The number of aromatic nitrogens is 2. The van der Waals surface area contributed by atoms with Gasteiger partial charge in [0.25, 0.3) is 0 Å². The maximum absolute atomic E-state index is 4.89. The van der Waals surface area contributed by atoms with Crippen molar-refractivity contribution in [2.24, 2.45) is 5.92 Å². The topological polar surface area (TPSA) is 41.1 Å². The van der Waals surface area contributed by atoms with Crippen molar-refractivity contribution < 1.29 is 0 Å². The number of rotatable bonds is 4. The van der Waals surface area contributed by atoms with Gasteiger partial charge in [0, 0.05) is 31.4 Å². The Morgan fingerprint density at radius 3 is 2.81 bits per heavy atom. The second-order valence-corrected chi connectivity index (χ2v) is 6.97. The molecule has 2 aliphatic carbocycles. The molecule has 4 heteroatoms. The summed E-state index contributed by atoms with van der Waals surface area (Å²) in [4.78, 5) is 11.9. The molecule has 3 fully saturated rings. The van der Waals surface area contributed by atoms with Crippen molar-refractivity contribution in [1.82, 2.24) is 15.3 Å². The van der Waals surface area contributed by atoms with Crippen LogP contribution in [0.2, 0.25) is 0 Å². The molecule has 0 amide bonds. The lowest BCUT2D eigenvalue weighted by atomic mass is 9.78. The maximum Gasteiger partial charge on any atom is 0.147 e. The van der Waals surface area contributed by atoms with Crippen LogP contribution in [0, 0.1) is 5.92 Å². The van der Waals surface area contributed by atoms with Crippen LogP contribution in [0.1, 0.15) is 57.1 Å². The minimum Gasteiger partial charge on any atom is -0.352 e. The molecule has 0 spiro atoms. The van der Waals surface area contributed by atoms with Crippen LogP contribution in [0.25, 0.3) is 0 Å². The molecule has 1 aliphatic heterocycles. The summed E-state index contributed by atoms with van der Waals surface area (Å²) in [6.07, 6.45) is 14.8. The Balaban J connectivity index is 1.49. The first kappa shape index (κ1) is 13.5. The average Bonchev–Trinajstić information content (AvgIpc) is 3.37. The zero-order valence-electron chi connectivity index (χ0n) is 12.8. The molecule has 1 aromatic rings. The third-order valence-electron chi connectivity index (χ3n) is 5.36. The molecule has 1 saturated heterocycles. The highest BCUT2D eigenvalue weighted by atomic mass is 15.2. The van der Waals surface area contributed by atoms with E-state index in [1.807, 2.05) is 12.4 Å². The Kier molecular flexibility index (Phi) is 3.80. The van der Waals surface area contributed by atoms with Crippen LogP contribution < -0.4 is 10.2 Å². The van der Waals surface area contributed by atoms with E-state index in [9.17, 15) is 0 Å². The molecule has 0 bridgehead atoms. The van der Waals surface area contributed by atoms with Crippen LogP contribution >= 0.6 is 0 Å². The van der Waals surface area contributed by atoms with Gasteiger partial charge in [-0.25, -0.2) is 4.98 Å². The van der Waals surface area contributed by atoms with Gasteiger partial charge in [0.05, 0.1) is 11.9 Å². The third kappa shape index (κ3) is 3.05. The normalized spacial score (nSPS) is 29.2. The quantitative estimate of drug-likeness (QED) is 0.924. The monoisotopic (exact) mass is 286 g/mol. The van der Waals surface area contributed by atoms with E-state index in [0.717, 1.165) is 36.6 Å². The number of nitrogens with zero attached hydrogens (tertiary/aromatic N) is 3. The molecule has 1 aromatic heterocycles. The number of fused-ring (bicyclic) bond motifs is 1. The zero-order valence-corrected chi connectivity index (χ0v) is 12.8. The first-order valence-electron chi connectivity index (χ1n) is 8.71. The van der Waals surface area contributed by atoms with E-state index in [1.54, 1.807) is 0 Å². The van der Waals surface area contributed by atoms with Gasteiger partial charge in [-0.2, -0.15) is 0 Å². The Bertz CT molecular complexity index is 483. The molecular formula is C17H26N4. The minimum atomic E-state index is 0.716. The summed E-state index contributed by atoms with van der Waals surface area (Å²) >= 11 is 0. The summed E-state index contributed by atoms with van der Waals surface area (Å²) in [5.41, 5.74) is 1.09. The van der Waals surface area contributed by atoms with Crippen LogP contribution in [-0.2, 0) is 6.54 Å². The maximum atomic E-state index is 4.89. The van der Waals surface area contributed by atoms with E-state index in [-0.39, 0.29) is 0 Å². The summed E-state index contributed by atoms with van der Waals surface area (Å²) in [7, 11) is 0. The number of piperidine rings is 1. The highest BCUT2D eigenvalue weighted by Gasteiger charge is 2.34. The smallest absolute Gasteiger partial charge is 0.147 e. The Labute approximate surface area is 127 Å². The van der Waals surface area contributed by atoms with Gasteiger partial charge in [0.15, 0.2) is 0 Å². The summed E-state index contributed by atoms with van der Waals surface area (Å²) in [6.45, 7) is 2.03. The molecule has 114 valence electrons. The van der Waals surface area contributed by atoms with Crippen LogP contribution in [0.4, 0.5) is 5.82 Å². The van der Waals surface area contributed by atoms with Crippen LogP contribution in [0.15, 0.2) is 12.4 Å². The van der Waals surface area contributed by atoms with Crippen LogP contribution in [0.3, 0.4) is 0 Å². The minimum absolute atomic E-state index is 0.716. The van der Waals surface area contributed by atoms with Crippen molar-refractivity contribution in [3.8, 4) is 0 Å². The van der Waals surface area contributed by atoms with E-state index in [1.165, 1.54) is 51.4 Å². The fraction of sp³-hybridized carbons (Fsp3) is 0.765. The molecule has 0 radical (unpaired) electrons. The van der Waals surface area contributed by atoms with Gasteiger partial charge in [-0.15, -0.1) is 0 Å². The second-order valence-electron chi connectivity index (χ2n) is 6.97. The van der Waals surface area contributed by atoms with Gasteiger partial charge in [0.2, 0.25) is 0 Å². The van der Waals surface area contributed by atoms with Gasteiger partial charge in [-0.3, -0.25) is 4.98 Å². The van der Waals surface area contributed by atoms with Crippen molar-refractivity contribution >= 4 is 5.82 Å². The van der Waals surface area contributed by atoms with E-state index >= 15 is 0 Å². The molecule has 0 unspecified atom stereocenters. The molecule has 0 aromatic carbocycles. The molecule has 1 N–H and O–H groups in total. The summed E-state index contributed by atoms with van der Waals surface area (Å²) < 4.78 is 0. The molecule has 3 aliphatic rings. The fourth-order valence-electron chi connectivity index (χ4n) is 4.06. The van der Waals surface area contributed by atoms with Crippen molar-refractivity contribution in [3.05, 3.63) is 18.1 Å². The molecule has 2 saturated carbocycles. The van der Waals surface area contributed by atoms with E-state index < -0.39 is 0 Å². The number of anilines is 1. The lowest BCUT2D eigenvalue weighted by Crippen LogP contribution is -2.47. The van der Waals surface area contributed by atoms with Crippen LogP contribution in [-0.4, -0.2) is 28.6 Å². The van der Waals surface area contributed by atoms with Gasteiger partial charge in [-0.1, -0.05) is 12.8 Å². The standard InChI is InChI=1S/C17H26N4/c1-2-6-16-13(4-1)5-3-9-21(16)17-12-18-10-15(20-17)11-19-14-7-8-14/h10,12-14,16,19H,1-9,11H2/t13-,16-/m1/s1. The molecular weight excluding hydrogens is 260 g/mol. The van der Waals surface area contributed by atoms with E-state index in [0.29, 0.717) is 6.04 Å². The fourth-order valence-corrected chi connectivity index (χ4v) is 4.06. The van der Waals surface area contributed by atoms with Crippen molar-refractivity contribution in [1.29, 1.82) is 0 Å². The predicted molar refractivity (Wildman–Crippen MR) is 84.2 cm³/mol. The zero-order chi connectivity index (χ0) is 14.1. The third-order valence-corrected chi connectivity index (χ3v) is 5.36. The van der Waals surface area contributed by atoms with Gasteiger partial charge in [0.1, 0.15) is 5.82 Å². The highest BCUT2D eigenvalue weighted by Crippen LogP contribution is 2.37. The van der Waals surface area contributed by atoms with Crippen molar-refractivity contribution in [3.63, 3.8) is 0 Å². The average molecular weight is 286 g/mol. The Morgan fingerprint density at radius 2 is 1.90 bits per heavy atom. The lowest BCUT2D eigenvalue weighted by molar-refractivity contribution is 0.242. The predicted octanol–water partition coefficient (Wildman–Crippen LogP) is 2.89. The lowest BCUT2D eigenvalue weighted by Gasteiger charge is -2.44. The van der Waals surface area contributed by atoms with E-state index in [2.05, 4.69) is 15.2 Å². The summed E-state index contributed by atoms with van der Waals surface area (Å²) in [5.74, 6) is 2.00. The van der Waals surface area contributed by atoms with Crippen molar-refractivity contribution in [2.45, 2.75) is 70.0 Å². The SMILES string of the molecule is c1ncc(N2CCC[C@H]3CCCC[C@H]32)nc1CNC1CC1. The molecule has 21 heavy (non-hydrogen) atoms. The molecule has 4 rings (SSSR count). The largest absolute Gasteiger partial charge is 0.352 e. The van der Waals surface area contributed by atoms with E-state index in [4.69, 9.17) is 4.98 Å². The highest BCUT2D eigenvalue weighted by molar-refractivity contribution is 5.39. The van der Waals surface area contributed by atoms with Gasteiger partial charge < -0.3 is 10.2 Å². The van der Waals surface area contributed by atoms with Crippen LogP contribution in [0.5, 0.6) is 0 Å². The Hall–Kier alpha value is -1.16.